The highest BCUT2D eigenvalue weighted by atomic mass is 32.2. The molecule has 138 valence electrons. The molecule has 26 heavy (non-hydrogen) atoms. The van der Waals surface area contributed by atoms with E-state index >= 15 is 0 Å². The minimum absolute atomic E-state index is 0.130. The summed E-state index contributed by atoms with van der Waals surface area (Å²) in [4.78, 5) is 12.6. The Bertz CT molecular complexity index is 895. The van der Waals surface area contributed by atoms with Gasteiger partial charge in [0.1, 0.15) is 16.5 Å². The van der Waals surface area contributed by atoms with E-state index in [1.54, 1.807) is 56.5 Å². The highest BCUT2D eigenvalue weighted by Gasteiger charge is 2.74. The van der Waals surface area contributed by atoms with Gasteiger partial charge in [0.2, 0.25) is 0 Å². The number of nitrogens with two attached hydrogens (primary N) is 1. The molecule has 1 aliphatic rings. The Morgan fingerprint density at radius 1 is 1.12 bits per heavy atom. The maximum atomic E-state index is 13.1. The summed E-state index contributed by atoms with van der Waals surface area (Å²) in [6.07, 6.45) is 0. The van der Waals surface area contributed by atoms with Crippen LogP contribution in [-0.4, -0.2) is 38.9 Å². The lowest BCUT2D eigenvalue weighted by Crippen LogP contribution is -2.41. The first-order valence-corrected chi connectivity index (χ1v) is 9.81. The molecule has 0 aromatic heterocycles. The summed E-state index contributed by atoms with van der Waals surface area (Å²) >= 11 is 0. The third-order valence-corrected chi connectivity index (χ3v) is 6.95. The van der Waals surface area contributed by atoms with Gasteiger partial charge in [-0.2, -0.15) is 0 Å². The molecule has 0 saturated heterocycles. The van der Waals surface area contributed by atoms with Gasteiger partial charge in [0.15, 0.2) is 9.84 Å². The minimum atomic E-state index is -3.81. The van der Waals surface area contributed by atoms with E-state index in [1.165, 1.54) is 12.1 Å². The van der Waals surface area contributed by atoms with Crippen LogP contribution in [0.2, 0.25) is 0 Å². The number of esters is 1. The number of sulfone groups is 1. The van der Waals surface area contributed by atoms with Crippen LogP contribution >= 0.6 is 0 Å². The van der Waals surface area contributed by atoms with E-state index in [0.717, 1.165) is 0 Å². The van der Waals surface area contributed by atoms with Gasteiger partial charge in [-0.15, -0.1) is 0 Å². The number of hydrogen-bond acceptors (Lipinski definition) is 6. The van der Waals surface area contributed by atoms with Gasteiger partial charge in [0.05, 0.1) is 18.6 Å². The van der Waals surface area contributed by atoms with Crippen molar-refractivity contribution in [3.63, 3.8) is 0 Å². The van der Waals surface area contributed by atoms with Gasteiger partial charge in [-0.3, -0.25) is 0 Å². The van der Waals surface area contributed by atoms with Gasteiger partial charge in [-0.25, -0.2) is 13.2 Å². The Balaban J connectivity index is 2.04. The van der Waals surface area contributed by atoms with Crippen LogP contribution in [0.3, 0.4) is 0 Å². The molecule has 0 amide bonds. The number of ether oxygens (including phenoxy) is 2. The van der Waals surface area contributed by atoms with Crippen molar-refractivity contribution in [2.75, 3.05) is 13.7 Å². The monoisotopic (exact) mass is 375 g/mol. The fraction of sp³-hybridized carbons (Fsp3) is 0.316. The zero-order valence-electron chi connectivity index (χ0n) is 14.6. The van der Waals surface area contributed by atoms with Crippen molar-refractivity contribution in [3.05, 3.63) is 60.2 Å². The third kappa shape index (κ3) is 2.87. The lowest BCUT2D eigenvalue weighted by molar-refractivity contribution is -0.145. The summed E-state index contributed by atoms with van der Waals surface area (Å²) < 4.78 is 36.4. The molecule has 0 radical (unpaired) electrons. The van der Waals surface area contributed by atoms with Gasteiger partial charge in [-0.1, -0.05) is 30.3 Å². The zero-order valence-corrected chi connectivity index (χ0v) is 15.4. The molecule has 1 saturated carbocycles. The Kier molecular flexibility index (Phi) is 4.77. The summed E-state index contributed by atoms with van der Waals surface area (Å²) in [6, 6.07) is 14.9. The largest absolute Gasteiger partial charge is 0.497 e. The van der Waals surface area contributed by atoms with Crippen LogP contribution in [0.1, 0.15) is 18.4 Å². The fourth-order valence-electron chi connectivity index (χ4n) is 3.33. The van der Waals surface area contributed by atoms with E-state index in [2.05, 4.69) is 0 Å². The van der Waals surface area contributed by atoms with Gasteiger partial charge in [-0.05, 0) is 36.8 Å². The molecule has 0 spiro atoms. The van der Waals surface area contributed by atoms with Gasteiger partial charge in [0.25, 0.3) is 0 Å². The number of benzene rings is 2. The topological polar surface area (TPSA) is 95.7 Å². The summed E-state index contributed by atoms with van der Waals surface area (Å²) in [7, 11) is -2.26. The second kappa shape index (κ2) is 6.74. The molecule has 2 aromatic rings. The lowest BCUT2D eigenvalue weighted by Gasteiger charge is -2.11. The SMILES string of the molecule is CCOC(=O)[C@]1(N)[C@H](c2ccc(OC)cc2)[C@@H]1S(=O)(=O)c1ccccc1. The first kappa shape index (κ1) is 18.4. The third-order valence-electron chi connectivity index (χ3n) is 4.69. The van der Waals surface area contributed by atoms with Crippen molar-refractivity contribution in [2.24, 2.45) is 5.73 Å². The smallest absolute Gasteiger partial charge is 0.328 e. The van der Waals surface area contributed by atoms with Crippen LogP contribution in [-0.2, 0) is 19.4 Å². The Morgan fingerprint density at radius 3 is 2.27 bits per heavy atom. The highest BCUT2D eigenvalue weighted by molar-refractivity contribution is 7.92. The van der Waals surface area contributed by atoms with E-state index in [1.807, 2.05) is 0 Å². The van der Waals surface area contributed by atoms with Crippen LogP contribution < -0.4 is 10.5 Å². The molecule has 6 nitrogen and oxygen atoms in total. The summed E-state index contributed by atoms with van der Waals surface area (Å²) in [6.45, 7) is 1.79. The van der Waals surface area contributed by atoms with Crippen LogP contribution in [0, 0.1) is 0 Å². The van der Waals surface area contributed by atoms with Gasteiger partial charge in [0, 0.05) is 5.92 Å². The van der Waals surface area contributed by atoms with E-state index < -0.39 is 32.5 Å². The average molecular weight is 375 g/mol. The molecule has 3 rings (SSSR count). The molecule has 1 fully saturated rings. The molecule has 2 N–H and O–H groups in total. The van der Waals surface area contributed by atoms with Crippen molar-refractivity contribution in [2.45, 2.75) is 28.5 Å². The molecule has 2 aromatic carbocycles. The molecule has 0 unspecified atom stereocenters. The quantitative estimate of drug-likeness (QED) is 0.775. The van der Waals surface area contributed by atoms with Gasteiger partial charge < -0.3 is 15.2 Å². The first-order valence-electron chi connectivity index (χ1n) is 8.26. The fourth-order valence-corrected chi connectivity index (χ4v) is 5.58. The van der Waals surface area contributed by atoms with Crippen LogP contribution in [0.4, 0.5) is 0 Å². The summed E-state index contributed by atoms with van der Waals surface area (Å²) in [5.74, 6) is -0.751. The molecule has 0 bridgehead atoms. The van der Waals surface area contributed by atoms with Crippen LogP contribution in [0.25, 0.3) is 0 Å². The Hall–Kier alpha value is -2.38. The number of carbonyl (C=O) groups is 1. The average Bonchev–Trinajstić information content (AvgIpc) is 3.31. The molecular weight excluding hydrogens is 354 g/mol. The van der Waals surface area contributed by atoms with Crippen molar-refractivity contribution in [1.82, 2.24) is 0 Å². The predicted octanol–water partition coefficient (Wildman–Crippen LogP) is 1.90. The standard InChI is InChI=1S/C19H21NO5S/c1-3-25-18(21)19(20)16(13-9-11-14(24-2)12-10-13)17(19)26(22,23)15-7-5-4-6-8-15/h4-12,16-17H,3,20H2,1-2H3/t16-,17+,19+/m1/s1. The van der Waals surface area contributed by atoms with E-state index in [-0.39, 0.29) is 11.5 Å². The molecule has 0 aliphatic heterocycles. The second-order valence-corrected chi connectivity index (χ2v) is 8.25. The maximum Gasteiger partial charge on any atom is 0.328 e. The minimum Gasteiger partial charge on any atom is -0.497 e. The first-order chi connectivity index (χ1) is 12.4. The second-order valence-electron chi connectivity index (χ2n) is 6.18. The van der Waals surface area contributed by atoms with Gasteiger partial charge >= 0.3 is 5.97 Å². The van der Waals surface area contributed by atoms with Crippen LogP contribution in [0.5, 0.6) is 5.75 Å². The van der Waals surface area contributed by atoms with E-state index in [4.69, 9.17) is 15.2 Å². The maximum absolute atomic E-state index is 13.1. The number of rotatable bonds is 6. The van der Waals surface area contributed by atoms with E-state index in [0.29, 0.717) is 11.3 Å². The Morgan fingerprint density at radius 2 is 1.73 bits per heavy atom. The van der Waals surface area contributed by atoms with Crippen molar-refractivity contribution < 1.29 is 22.7 Å². The predicted molar refractivity (Wildman–Crippen MR) is 96.7 cm³/mol. The van der Waals surface area contributed by atoms with Crippen molar-refractivity contribution in [1.29, 1.82) is 0 Å². The van der Waals surface area contributed by atoms with Crippen molar-refractivity contribution in [3.8, 4) is 5.75 Å². The van der Waals surface area contributed by atoms with Crippen molar-refractivity contribution >= 4 is 15.8 Å². The zero-order chi connectivity index (χ0) is 18.9. The molecular formula is C19H21NO5S. The summed E-state index contributed by atoms with van der Waals surface area (Å²) in [5.41, 5.74) is 5.35. The van der Waals surface area contributed by atoms with Crippen LogP contribution in [0.15, 0.2) is 59.5 Å². The number of carbonyl (C=O) groups excluding carboxylic acids is 1. The summed E-state index contributed by atoms with van der Waals surface area (Å²) in [5, 5.41) is -1.08. The number of hydrogen-bond donors (Lipinski definition) is 1. The Labute approximate surface area is 152 Å². The molecule has 7 heteroatoms. The molecule has 1 aliphatic carbocycles. The lowest BCUT2D eigenvalue weighted by atomic mass is 10.1. The molecule has 0 heterocycles. The number of methoxy groups -OCH3 is 1. The molecule has 3 atom stereocenters. The normalized spacial score (nSPS) is 24.7. The highest BCUT2D eigenvalue weighted by Crippen LogP contribution is 2.56. The van der Waals surface area contributed by atoms with E-state index in [9.17, 15) is 13.2 Å².